The van der Waals surface area contributed by atoms with Crippen molar-refractivity contribution in [2.45, 2.75) is 19.4 Å². The van der Waals surface area contributed by atoms with Gasteiger partial charge in [0.15, 0.2) is 0 Å². The summed E-state index contributed by atoms with van der Waals surface area (Å²) < 4.78 is 0. The molecule has 0 spiro atoms. The second-order valence-corrected chi connectivity index (χ2v) is 4.85. The maximum Gasteiger partial charge on any atom is 0.104 e. The van der Waals surface area contributed by atoms with E-state index in [1.165, 1.54) is 5.39 Å². The molecule has 2 aromatic carbocycles. The largest absolute Gasteiger partial charge is 0.384 e. The lowest BCUT2D eigenvalue weighted by molar-refractivity contribution is -0.00101. The van der Waals surface area contributed by atoms with Crippen LogP contribution in [0.5, 0.6) is 0 Å². The van der Waals surface area contributed by atoms with Crippen LogP contribution in [-0.4, -0.2) is 11.7 Å². The molecule has 0 aliphatic heterocycles. The number of benzene rings is 2. The van der Waals surface area contributed by atoms with Gasteiger partial charge in [-0.15, -0.1) is 0 Å². The lowest BCUT2D eigenvalue weighted by atomic mass is 9.82. The molecule has 1 unspecified atom stereocenters. The van der Waals surface area contributed by atoms with Gasteiger partial charge >= 0.3 is 0 Å². The van der Waals surface area contributed by atoms with Gasteiger partial charge in [-0.05, 0) is 28.3 Å². The minimum absolute atomic E-state index is 0.0914. The summed E-state index contributed by atoms with van der Waals surface area (Å²) in [6.45, 7) is 4.22. The third-order valence-corrected chi connectivity index (χ3v) is 3.52. The molecule has 17 heavy (non-hydrogen) atoms. The van der Waals surface area contributed by atoms with Crippen LogP contribution in [-0.2, 0) is 5.60 Å². The number of nitrogens with two attached hydrogens (primary N) is 1. The highest BCUT2D eigenvalue weighted by Gasteiger charge is 2.31. The summed E-state index contributed by atoms with van der Waals surface area (Å²) >= 11 is 0. The average Bonchev–Trinajstić information content (AvgIpc) is 2.37. The Balaban J connectivity index is 2.55. The predicted octanol–water partition coefficient (Wildman–Crippen LogP) is 2.64. The molecule has 0 aliphatic carbocycles. The normalized spacial score (nSPS) is 15.1. The third kappa shape index (κ3) is 2.06. The molecular formula is C15H19NO. The van der Waals surface area contributed by atoms with E-state index in [4.69, 9.17) is 5.73 Å². The summed E-state index contributed by atoms with van der Waals surface area (Å²) in [5.41, 5.74) is 5.69. The second-order valence-electron chi connectivity index (χ2n) is 4.85. The Labute approximate surface area is 102 Å². The number of aliphatic hydroxyl groups is 1. The first kappa shape index (κ1) is 12.1. The molecule has 90 valence electrons. The smallest absolute Gasteiger partial charge is 0.104 e. The predicted molar refractivity (Wildman–Crippen MR) is 71.7 cm³/mol. The molecule has 2 heteroatoms. The Morgan fingerprint density at radius 2 is 1.76 bits per heavy atom. The molecule has 2 aromatic rings. The fourth-order valence-corrected chi connectivity index (χ4v) is 2.15. The average molecular weight is 229 g/mol. The van der Waals surface area contributed by atoms with E-state index in [-0.39, 0.29) is 12.5 Å². The molecule has 0 bridgehead atoms. The molecule has 0 aromatic heterocycles. The lowest BCUT2D eigenvalue weighted by Gasteiger charge is -2.31. The Kier molecular flexibility index (Phi) is 3.18. The second kappa shape index (κ2) is 4.47. The maximum absolute atomic E-state index is 10.6. The van der Waals surface area contributed by atoms with Crippen molar-refractivity contribution >= 4 is 10.8 Å². The summed E-state index contributed by atoms with van der Waals surface area (Å²) in [7, 11) is 0. The topological polar surface area (TPSA) is 46.2 Å². The van der Waals surface area contributed by atoms with E-state index in [9.17, 15) is 5.11 Å². The van der Waals surface area contributed by atoms with Crippen LogP contribution in [0.15, 0.2) is 42.5 Å². The minimum atomic E-state index is -0.940. The van der Waals surface area contributed by atoms with Crippen LogP contribution >= 0.6 is 0 Å². The van der Waals surface area contributed by atoms with Crippen LogP contribution in [0, 0.1) is 5.92 Å². The fraction of sp³-hybridized carbons (Fsp3) is 0.333. The standard InChI is InChI=1S/C15H19NO/c1-11(2)15(17,10-16)14-8-7-12-5-3-4-6-13(12)9-14/h3-9,11,17H,10,16H2,1-2H3. The van der Waals surface area contributed by atoms with Crippen molar-refractivity contribution in [3.05, 3.63) is 48.0 Å². The first-order valence-electron chi connectivity index (χ1n) is 5.99. The quantitative estimate of drug-likeness (QED) is 0.850. The van der Waals surface area contributed by atoms with Crippen molar-refractivity contribution in [2.75, 3.05) is 6.54 Å². The summed E-state index contributed by atoms with van der Waals surface area (Å²) in [4.78, 5) is 0. The van der Waals surface area contributed by atoms with E-state index in [0.717, 1.165) is 10.9 Å². The maximum atomic E-state index is 10.6. The van der Waals surface area contributed by atoms with Gasteiger partial charge in [-0.2, -0.15) is 0 Å². The number of hydrogen-bond donors (Lipinski definition) is 2. The van der Waals surface area contributed by atoms with Crippen molar-refractivity contribution in [3.8, 4) is 0 Å². The van der Waals surface area contributed by atoms with Gasteiger partial charge in [0.2, 0.25) is 0 Å². The molecule has 0 heterocycles. The first-order valence-corrected chi connectivity index (χ1v) is 5.99. The molecular weight excluding hydrogens is 210 g/mol. The van der Waals surface area contributed by atoms with Gasteiger partial charge < -0.3 is 10.8 Å². The van der Waals surface area contributed by atoms with Crippen molar-refractivity contribution < 1.29 is 5.11 Å². The number of hydrogen-bond acceptors (Lipinski definition) is 2. The summed E-state index contributed by atoms with van der Waals surface area (Å²) in [5.74, 6) is 0.0914. The van der Waals surface area contributed by atoms with E-state index in [0.29, 0.717) is 0 Å². The minimum Gasteiger partial charge on any atom is -0.384 e. The third-order valence-electron chi connectivity index (χ3n) is 3.52. The van der Waals surface area contributed by atoms with E-state index in [1.54, 1.807) is 0 Å². The highest BCUT2D eigenvalue weighted by Crippen LogP contribution is 2.30. The SMILES string of the molecule is CC(C)C(O)(CN)c1ccc2ccccc2c1. The Bertz CT molecular complexity index is 521. The molecule has 0 saturated heterocycles. The van der Waals surface area contributed by atoms with Crippen LogP contribution in [0.4, 0.5) is 0 Å². The number of fused-ring (bicyclic) bond motifs is 1. The number of rotatable bonds is 3. The van der Waals surface area contributed by atoms with Gasteiger partial charge in [0.1, 0.15) is 5.60 Å². The molecule has 1 atom stereocenters. The Morgan fingerprint density at radius 1 is 1.12 bits per heavy atom. The fourth-order valence-electron chi connectivity index (χ4n) is 2.15. The van der Waals surface area contributed by atoms with Gasteiger partial charge in [-0.3, -0.25) is 0 Å². The van der Waals surface area contributed by atoms with E-state index in [2.05, 4.69) is 12.1 Å². The van der Waals surface area contributed by atoms with E-state index >= 15 is 0 Å². The van der Waals surface area contributed by atoms with Crippen LogP contribution in [0.2, 0.25) is 0 Å². The Morgan fingerprint density at radius 3 is 2.35 bits per heavy atom. The molecule has 0 saturated carbocycles. The zero-order chi connectivity index (χ0) is 12.5. The van der Waals surface area contributed by atoms with Crippen molar-refractivity contribution in [2.24, 2.45) is 11.7 Å². The molecule has 0 aliphatic rings. The lowest BCUT2D eigenvalue weighted by Crippen LogP contribution is -2.39. The summed E-state index contributed by atoms with van der Waals surface area (Å²) in [6, 6.07) is 14.2. The molecule has 2 nitrogen and oxygen atoms in total. The molecule has 0 fully saturated rings. The molecule has 2 rings (SSSR count). The van der Waals surface area contributed by atoms with Crippen LogP contribution in [0.3, 0.4) is 0 Å². The van der Waals surface area contributed by atoms with Gasteiger partial charge in [0.25, 0.3) is 0 Å². The summed E-state index contributed by atoms with van der Waals surface area (Å²) in [5, 5.41) is 12.9. The van der Waals surface area contributed by atoms with E-state index < -0.39 is 5.60 Å². The molecule has 0 amide bonds. The van der Waals surface area contributed by atoms with Crippen molar-refractivity contribution in [3.63, 3.8) is 0 Å². The van der Waals surface area contributed by atoms with Crippen LogP contribution in [0.25, 0.3) is 10.8 Å². The molecule has 0 radical (unpaired) electrons. The monoisotopic (exact) mass is 229 g/mol. The Hall–Kier alpha value is -1.38. The first-order chi connectivity index (χ1) is 8.08. The van der Waals surface area contributed by atoms with E-state index in [1.807, 2.05) is 44.2 Å². The van der Waals surface area contributed by atoms with Crippen LogP contribution in [0.1, 0.15) is 19.4 Å². The van der Waals surface area contributed by atoms with Gasteiger partial charge in [-0.25, -0.2) is 0 Å². The van der Waals surface area contributed by atoms with Crippen LogP contribution < -0.4 is 5.73 Å². The van der Waals surface area contributed by atoms with Gasteiger partial charge in [0, 0.05) is 6.54 Å². The zero-order valence-electron chi connectivity index (χ0n) is 10.4. The van der Waals surface area contributed by atoms with Gasteiger partial charge in [-0.1, -0.05) is 50.2 Å². The van der Waals surface area contributed by atoms with Crippen molar-refractivity contribution in [1.29, 1.82) is 0 Å². The van der Waals surface area contributed by atoms with Crippen molar-refractivity contribution in [1.82, 2.24) is 0 Å². The zero-order valence-corrected chi connectivity index (χ0v) is 10.4. The van der Waals surface area contributed by atoms with Gasteiger partial charge in [0.05, 0.1) is 0 Å². The highest BCUT2D eigenvalue weighted by atomic mass is 16.3. The highest BCUT2D eigenvalue weighted by molar-refractivity contribution is 5.83. The summed E-state index contributed by atoms with van der Waals surface area (Å²) in [6.07, 6.45) is 0. The molecule has 3 N–H and O–H groups in total.